The zero-order valence-electron chi connectivity index (χ0n) is 13.0. The Morgan fingerprint density at radius 3 is 2.10 bits per heavy atom. The molecule has 0 aliphatic heterocycles. The number of rotatable bonds is 10. The molecule has 21 heavy (non-hydrogen) atoms. The third kappa shape index (κ3) is 5.10. The van der Waals surface area contributed by atoms with E-state index < -0.39 is 7.12 Å². The second-order valence-corrected chi connectivity index (χ2v) is 4.59. The van der Waals surface area contributed by atoms with E-state index in [4.69, 9.17) is 14.2 Å². The highest BCUT2D eigenvalue weighted by atomic mass is 16.5. The SMILES string of the molecule is CCCOc1cnc(OCCC)c(B(O)O)c1OCCC. The summed E-state index contributed by atoms with van der Waals surface area (Å²) < 4.78 is 16.7. The summed E-state index contributed by atoms with van der Waals surface area (Å²) in [5.41, 5.74) is 0.116. The van der Waals surface area contributed by atoms with Gasteiger partial charge >= 0.3 is 7.12 Å². The van der Waals surface area contributed by atoms with Crippen LogP contribution in [0.3, 0.4) is 0 Å². The second-order valence-electron chi connectivity index (χ2n) is 4.59. The predicted molar refractivity (Wildman–Crippen MR) is 81.4 cm³/mol. The summed E-state index contributed by atoms with van der Waals surface area (Å²) in [5, 5.41) is 19.3. The van der Waals surface area contributed by atoms with E-state index in [9.17, 15) is 10.0 Å². The molecule has 7 heteroatoms. The second kappa shape index (κ2) is 9.47. The van der Waals surface area contributed by atoms with E-state index >= 15 is 0 Å². The average molecular weight is 297 g/mol. The molecule has 6 nitrogen and oxygen atoms in total. The average Bonchev–Trinajstić information content (AvgIpc) is 2.48. The molecule has 0 saturated heterocycles. The first-order valence-electron chi connectivity index (χ1n) is 7.43. The molecular formula is C14H24BNO5. The van der Waals surface area contributed by atoms with Gasteiger partial charge in [-0.25, -0.2) is 4.98 Å². The van der Waals surface area contributed by atoms with E-state index in [0.29, 0.717) is 31.3 Å². The van der Waals surface area contributed by atoms with Gasteiger partial charge in [0.1, 0.15) is 0 Å². The van der Waals surface area contributed by atoms with Crippen LogP contribution in [0, 0.1) is 0 Å². The maximum atomic E-state index is 9.63. The Morgan fingerprint density at radius 1 is 0.952 bits per heavy atom. The highest BCUT2D eigenvalue weighted by Crippen LogP contribution is 2.28. The van der Waals surface area contributed by atoms with Crippen molar-refractivity contribution in [3.8, 4) is 17.4 Å². The van der Waals surface area contributed by atoms with Gasteiger partial charge in [0.05, 0.1) is 31.5 Å². The van der Waals surface area contributed by atoms with E-state index in [1.54, 1.807) is 0 Å². The zero-order valence-corrected chi connectivity index (χ0v) is 13.0. The van der Waals surface area contributed by atoms with Crippen LogP contribution < -0.4 is 19.7 Å². The fourth-order valence-corrected chi connectivity index (χ4v) is 1.68. The minimum atomic E-state index is -1.73. The van der Waals surface area contributed by atoms with Gasteiger partial charge in [-0.15, -0.1) is 0 Å². The van der Waals surface area contributed by atoms with Crippen molar-refractivity contribution in [3.05, 3.63) is 6.20 Å². The van der Waals surface area contributed by atoms with Crippen molar-refractivity contribution in [2.24, 2.45) is 0 Å². The topological polar surface area (TPSA) is 81.0 Å². The predicted octanol–water partition coefficient (Wildman–Crippen LogP) is 1.13. The zero-order chi connectivity index (χ0) is 15.7. The minimum absolute atomic E-state index is 0.116. The van der Waals surface area contributed by atoms with E-state index in [-0.39, 0.29) is 11.3 Å². The summed E-state index contributed by atoms with van der Waals surface area (Å²) in [6.45, 7) is 7.30. The lowest BCUT2D eigenvalue weighted by molar-refractivity contribution is 0.261. The molecule has 0 spiro atoms. The molecular weight excluding hydrogens is 273 g/mol. The molecule has 0 amide bonds. The normalized spacial score (nSPS) is 10.3. The van der Waals surface area contributed by atoms with Crippen LogP contribution in [0.2, 0.25) is 0 Å². The highest BCUT2D eigenvalue weighted by molar-refractivity contribution is 6.61. The van der Waals surface area contributed by atoms with E-state index in [1.165, 1.54) is 6.20 Å². The van der Waals surface area contributed by atoms with Gasteiger partial charge in [-0.1, -0.05) is 20.8 Å². The number of aromatic nitrogens is 1. The summed E-state index contributed by atoms with van der Waals surface area (Å²) in [4.78, 5) is 4.11. The van der Waals surface area contributed by atoms with Crippen LogP contribution >= 0.6 is 0 Å². The van der Waals surface area contributed by atoms with Gasteiger partial charge in [0.25, 0.3) is 0 Å². The van der Waals surface area contributed by atoms with Crippen LogP contribution in [0.25, 0.3) is 0 Å². The maximum absolute atomic E-state index is 9.63. The monoisotopic (exact) mass is 297 g/mol. The lowest BCUT2D eigenvalue weighted by Crippen LogP contribution is -2.34. The quantitative estimate of drug-likeness (QED) is 0.630. The molecule has 1 rings (SSSR count). The Hall–Kier alpha value is -1.47. The van der Waals surface area contributed by atoms with Gasteiger partial charge in [0.2, 0.25) is 5.88 Å². The van der Waals surface area contributed by atoms with Crippen LogP contribution in [0.1, 0.15) is 40.0 Å². The number of nitrogens with zero attached hydrogens (tertiary/aromatic N) is 1. The Kier molecular flexibility index (Phi) is 7.93. The molecule has 0 atom stereocenters. The maximum Gasteiger partial charge on any atom is 0.498 e. The first-order chi connectivity index (χ1) is 10.2. The largest absolute Gasteiger partial charge is 0.498 e. The van der Waals surface area contributed by atoms with E-state index in [2.05, 4.69) is 4.98 Å². The first-order valence-corrected chi connectivity index (χ1v) is 7.43. The van der Waals surface area contributed by atoms with Crippen molar-refractivity contribution in [1.29, 1.82) is 0 Å². The van der Waals surface area contributed by atoms with Gasteiger partial charge in [-0.2, -0.15) is 0 Å². The molecule has 1 aromatic rings. The first kappa shape index (κ1) is 17.6. The van der Waals surface area contributed by atoms with Crippen LogP contribution in [0.4, 0.5) is 0 Å². The Morgan fingerprint density at radius 2 is 1.52 bits per heavy atom. The van der Waals surface area contributed by atoms with Crippen molar-refractivity contribution in [2.75, 3.05) is 19.8 Å². The standard InChI is InChI=1S/C14H24BNO5/c1-4-7-19-11-10-16-14(21-9-6-3)12(15(17)18)13(11)20-8-5-2/h10,17-18H,4-9H2,1-3H3. The summed E-state index contributed by atoms with van der Waals surface area (Å²) in [7, 11) is -1.73. The number of pyridine rings is 1. The van der Waals surface area contributed by atoms with Crippen molar-refractivity contribution in [1.82, 2.24) is 4.98 Å². The molecule has 2 N–H and O–H groups in total. The molecule has 1 aromatic heterocycles. The van der Waals surface area contributed by atoms with Crippen LogP contribution in [0.15, 0.2) is 6.20 Å². The van der Waals surface area contributed by atoms with Crippen molar-refractivity contribution < 1.29 is 24.3 Å². The van der Waals surface area contributed by atoms with E-state index in [0.717, 1.165) is 19.3 Å². The molecule has 0 aliphatic rings. The highest BCUT2D eigenvalue weighted by Gasteiger charge is 2.28. The summed E-state index contributed by atoms with van der Waals surface area (Å²) in [5.74, 6) is 0.862. The number of hydrogen-bond acceptors (Lipinski definition) is 6. The van der Waals surface area contributed by atoms with Crippen LogP contribution in [-0.2, 0) is 0 Å². The lowest BCUT2D eigenvalue weighted by atomic mass is 9.80. The van der Waals surface area contributed by atoms with Crippen molar-refractivity contribution in [2.45, 2.75) is 40.0 Å². The van der Waals surface area contributed by atoms with Crippen molar-refractivity contribution >= 4 is 12.6 Å². The van der Waals surface area contributed by atoms with Gasteiger partial charge in [-0.05, 0) is 19.3 Å². The van der Waals surface area contributed by atoms with E-state index in [1.807, 2.05) is 20.8 Å². The fourth-order valence-electron chi connectivity index (χ4n) is 1.68. The van der Waals surface area contributed by atoms with Gasteiger partial charge in [-0.3, -0.25) is 0 Å². The lowest BCUT2D eigenvalue weighted by Gasteiger charge is -2.18. The number of ether oxygens (including phenoxy) is 3. The van der Waals surface area contributed by atoms with Crippen LogP contribution in [0.5, 0.6) is 17.4 Å². The fraction of sp³-hybridized carbons (Fsp3) is 0.643. The number of hydrogen-bond donors (Lipinski definition) is 2. The molecule has 0 unspecified atom stereocenters. The van der Waals surface area contributed by atoms with Crippen molar-refractivity contribution in [3.63, 3.8) is 0 Å². The van der Waals surface area contributed by atoms with Gasteiger partial charge in [0, 0.05) is 0 Å². The van der Waals surface area contributed by atoms with Crippen LogP contribution in [-0.4, -0.2) is 42.0 Å². The summed E-state index contributed by atoms with van der Waals surface area (Å²) in [6, 6.07) is 0. The molecule has 118 valence electrons. The smallest absolute Gasteiger partial charge is 0.490 e. The Bertz CT molecular complexity index is 428. The molecule has 0 fully saturated rings. The minimum Gasteiger partial charge on any atom is -0.490 e. The van der Waals surface area contributed by atoms with Gasteiger partial charge < -0.3 is 24.3 Å². The third-order valence-electron chi connectivity index (χ3n) is 2.61. The molecule has 0 aromatic carbocycles. The van der Waals surface area contributed by atoms with Gasteiger partial charge in [0.15, 0.2) is 11.5 Å². The Labute approximate surface area is 126 Å². The molecule has 0 saturated carbocycles. The molecule has 1 heterocycles. The third-order valence-corrected chi connectivity index (χ3v) is 2.61. The summed E-state index contributed by atoms with van der Waals surface area (Å²) >= 11 is 0. The Balaban J connectivity index is 3.17. The molecule has 0 aliphatic carbocycles. The summed E-state index contributed by atoms with van der Waals surface area (Å²) in [6.07, 6.45) is 3.92. The molecule has 0 radical (unpaired) electrons. The molecule has 0 bridgehead atoms.